The summed E-state index contributed by atoms with van der Waals surface area (Å²) in [6.45, 7) is 3.17. The first-order chi connectivity index (χ1) is 15.7. The van der Waals surface area contributed by atoms with Gasteiger partial charge in [0.1, 0.15) is 23.9 Å². The number of carbonyl (C=O) groups excluding carboxylic acids is 1. The number of amides is 1. The first-order valence-electron chi connectivity index (χ1n) is 10.7. The van der Waals surface area contributed by atoms with E-state index in [4.69, 9.17) is 14.2 Å². The molecule has 0 radical (unpaired) electrons. The van der Waals surface area contributed by atoms with Crippen molar-refractivity contribution in [2.75, 3.05) is 13.2 Å². The van der Waals surface area contributed by atoms with Crippen LogP contribution < -0.4 is 19.6 Å². The molecular weight excluding hydrogens is 404 g/mol. The third-order valence-corrected chi connectivity index (χ3v) is 4.47. The van der Waals surface area contributed by atoms with Gasteiger partial charge in [0, 0.05) is 0 Å². The van der Waals surface area contributed by atoms with E-state index >= 15 is 0 Å². The van der Waals surface area contributed by atoms with E-state index in [0.29, 0.717) is 19.0 Å². The van der Waals surface area contributed by atoms with E-state index < -0.39 is 0 Å². The molecule has 3 rings (SSSR count). The molecule has 0 aliphatic heterocycles. The number of rotatable bonds is 12. The van der Waals surface area contributed by atoms with Crippen molar-refractivity contribution in [3.05, 3.63) is 90.0 Å². The van der Waals surface area contributed by atoms with Crippen LogP contribution in [0.15, 0.2) is 84.0 Å². The molecule has 0 fully saturated rings. The molecular formula is C26H28N2O4. The van der Waals surface area contributed by atoms with Crippen molar-refractivity contribution in [2.45, 2.75) is 26.4 Å². The maximum absolute atomic E-state index is 12.0. The molecule has 1 N–H and O–H groups in total. The summed E-state index contributed by atoms with van der Waals surface area (Å²) in [5, 5.41) is 3.99. The first-order valence-corrected chi connectivity index (χ1v) is 10.7. The molecule has 0 saturated heterocycles. The van der Waals surface area contributed by atoms with Gasteiger partial charge >= 0.3 is 0 Å². The Morgan fingerprint density at radius 3 is 2.38 bits per heavy atom. The summed E-state index contributed by atoms with van der Waals surface area (Å²) in [7, 11) is 0. The van der Waals surface area contributed by atoms with Gasteiger partial charge in [0.2, 0.25) is 0 Å². The van der Waals surface area contributed by atoms with E-state index in [2.05, 4.69) is 17.5 Å². The van der Waals surface area contributed by atoms with E-state index in [-0.39, 0.29) is 12.5 Å². The average Bonchev–Trinajstić information content (AvgIpc) is 2.83. The van der Waals surface area contributed by atoms with E-state index in [9.17, 15) is 4.79 Å². The zero-order valence-corrected chi connectivity index (χ0v) is 18.2. The minimum absolute atomic E-state index is 0.131. The van der Waals surface area contributed by atoms with Gasteiger partial charge in [-0.25, -0.2) is 5.43 Å². The number of unbranched alkanes of at least 4 members (excludes halogenated alkanes) is 1. The van der Waals surface area contributed by atoms with Crippen molar-refractivity contribution >= 4 is 12.1 Å². The van der Waals surface area contributed by atoms with Crippen molar-refractivity contribution < 1.29 is 19.0 Å². The Hall–Kier alpha value is -3.80. The molecule has 0 spiro atoms. The fraction of sp³-hybridized carbons (Fsp3) is 0.231. The van der Waals surface area contributed by atoms with Crippen LogP contribution in [0.1, 0.15) is 30.9 Å². The third kappa shape index (κ3) is 8.14. The quantitative estimate of drug-likeness (QED) is 0.249. The molecule has 0 unspecified atom stereocenters. The highest BCUT2D eigenvalue weighted by Gasteiger charge is 2.02. The van der Waals surface area contributed by atoms with E-state index in [1.165, 1.54) is 0 Å². The number of hydrazone groups is 1. The number of benzene rings is 3. The fourth-order valence-corrected chi connectivity index (χ4v) is 2.75. The maximum Gasteiger partial charge on any atom is 0.277 e. The van der Waals surface area contributed by atoms with Crippen LogP contribution >= 0.6 is 0 Å². The molecule has 3 aromatic carbocycles. The van der Waals surface area contributed by atoms with E-state index in [1.807, 2.05) is 66.7 Å². The van der Waals surface area contributed by atoms with Crippen LogP contribution in [-0.4, -0.2) is 25.3 Å². The lowest BCUT2D eigenvalue weighted by Crippen LogP contribution is -2.24. The zero-order valence-electron chi connectivity index (χ0n) is 18.2. The molecule has 0 aliphatic rings. The highest BCUT2D eigenvalue weighted by atomic mass is 16.5. The Labute approximate surface area is 188 Å². The normalized spacial score (nSPS) is 10.7. The molecule has 0 saturated carbocycles. The molecule has 0 heterocycles. The molecule has 0 bridgehead atoms. The van der Waals surface area contributed by atoms with Gasteiger partial charge in [-0.05, 0) is 53.9 Å². The van der Waals surface area contributed by atoms with Gasteiger partial charge in [0.15, 0.2) is 6.61 Å². The highest BCUT2D eigenvalue weighted by Crippen LogP contribution is 2.18. The van der Waals surface area contributed by atoms with E-state index in [1.54, 1.807) is 18.3 Å². The monoisotopic (exact) mass is 432 g/mol. The lowest BCUT2D eigenvalue weighted by atomic mass is 10.2. The molecule has 32 heavy (non-hydrogen) atoms. The lowest BCUT2D eigenvalue weighted by molar-refractivity contribution is -0.123. The predicted molar refractivity (Wildman–Crippen MR) is 125 cm³/mol. The largest absolute Gasteiger partial charge is 0.494 e. The highest BCUT2D eigenvalue weighted by molar-refractivity contribution is 5.83. The summed E-state index contributed by atoms with van der Waals surface area (Å²) in [4.78, 5) is 12.0. The Morgan fingerprint density at radius 1 is 0.875 bits per heavy atom. The second kappa shape index (κ2) is 12.8. The molecule has 0 aliphatic carbocycles. The van der Waals surface area contributed by atoms with Crippen LogP contribution in [0.5, 0.6) is 17.2 Å². The zero-order chi connectivity index (χ0) is 22.4. The summed E-state index contributed by atoms with van der Waals surface area (Å²) in [5.74, 6) is 1.76. The summed E-state index contributed by atoms with van der Waals surface area (Å²) >= 11 is 0. The number of carbonyl (C=O) groups is 1. The van der Waals surface area contributed by atoms with Crippen molar-refractivity contribution in [3.8, 4) is 17.2 Å². The SMILES string of the molecule is CCCCOc1ccc(OCC(=O)N/N=C/c2cccc(OCc3ccccc3)c2)cc1. The molecule has 6 heteroatoms. The Kier molecular flexibility index (Phi) is 9.15. The third-order valence-electron chi connectivity index (χ3n) is 4.47. The molecule has 166 valence electrons. The van der Waals surface area contributed by atoms with Gasteiger partial charge in [-0.2, -0.15) is 5.10 Å². The number of nitrogens with one attached hydrogen (secondary N) is 1. The standard InChI is InChI=1S/C26H28N2O4/c1-2-3-16-30-23-12-14-24(15-13-23)32-20-26(29)28-27-18-22-10-7-11-25(17-22)31-19-21-8-5-4-6-9-21/h4-15,17-18H,2-3,16,19-20H2,1H3,(H,28,29)/b27-18+. The first kappa shape index (κ1) is 22.9. The van der Waals surface area contributed by atoms with Crippen LogP contribution in [0.25, 0.3) is 0 Å². The van der Waals surface area contributed by atoms with Gasteiger partial charge in [-0.3, -0.25) is 4.79 Å². The Bertz CT molecular complexity index is 988. The molecule has 0 aromatic heterocycles. The second-order valence-electron chi connectivity index (χ2n) is 7.10. The summed E-state index contributed by atoms with van der Waals surface area (Å²) in [5.41, 5.74) is 4.37. The predicted octanol–water partition coefficient (Wildman–Crippen LogP) is 4.97. The minimum atomic E-state index is -0.346. The van der Waals surface area contributed by atoms with Crippen molar-refractivity contribution in [1.82, 2.24) is 5.43 Å². The number of ether oxygens (including phenoxy) is 3. The summed E-state index contributed by atoms with van der Waals surface area (Å²) in [6.07, 6.45) is 3.67. The lowest BCUT2D eigenvalue weighted by Gasteiger charge is -2.08. The Balaban J connectivity index is 1.40. The average molecular weight is 433 g/mol. The van der Waals surface area contributed by atoms with Crippen LogP contribution in [0.4, 0.5) is 0 Å². The van der Waals surface area contributed by atoms with Crippen molar-refractivity contribution in [2.24, 2.45) is 5.10 Å². The van der Waals surface area contributed by atoms with Gasteiger partial charge in [-0.15, -0.1) is 0 Å². The molecule has 6 nitrogen and oxygen atoms in total. The number of nitrogens with zero attached hydrogens (tertiary/aromatic N) is 1. The van der Waals surface area contributed by atoms with Gasteiger partial charge in [-0.1, -0.05) is 55.8 Å². The molecule has 1 amide bonds. The van der Waals surface area contributed by atoms with Crippen LogP contribution in [0, 0.1) is 0 Å². The number of hydrogen-bond donors (Lipinski definition) is 1. The van der Waals surface area contributed by atoms with Gasteiger partial charge in [0.25, 0.3) is 5.91 Å². The van der Waals surface area contributed by atoms with Gasteiger partial charge in [0.05, 0.1) is 12.8 Å². The molecule has 3 aromatic rings. The fourth-order valence-electron chi connectivity index (χ4n) is 2.75. The van der Waals surface area contributed by atoms with E-state index in [0.717, 1.165) is 35.5 Å². The number of hydrogen-bond acceptors (Lipinski definition) is 5. The van der Waals surface area contributed by atoms with Gasteiger partial charge < -0.3 is 14.2 Å². The van der Waals surface area contributed by atoms with Crippen LogP contribution in [-0.2, 0) is 11.4 Å². The minimum Gasteiger partial charge on any atom is -0.494 e. The van der Waals surface area contributed by atoms with Crippen molar-refractivity contribution in [1.29, 1.82) is 0 Å². The van der Waals surface area contributed by atoms with Crippen LogP contribution in [0.3, 0.4) is 0 Å². The topological polar surface area (TPSA) is 69.2 Å². The Morgan fingerprint density at radius 2 is 1.62 bits per heavy atom. The maximum atomic E-state index is 12.0. The smallest absolute Gasteiger partial charge is 0.277 e. The van der Waals surface area contributed by atoms with Crippen molar-refractivity contribution in [3.63, 3.8) is 0 Å². The summed E-state index contributed by atoms with van der Waals surface area (Å²) < 4.78 is 16.9. The second-order valence-corrected chi connectivity index (χ2v) is 7.10. The van der Waals surface area contributed by atoms with Crippen LogP contribution in [0.2, 0.25) is 0 Å². The molecule has 0 atom stereocenters. The summed E-state index contributed by atoms with van der Waals surface area (Å²) in [6, 6.07) is 24.7.